The van der Waals surface area contributed by atoms with Crippen LogP contribution in [0.4, 0.5) is 8.78 Å². The molecule has 0 rings (SSSR count). The molecular weight excluding hydrogens is 158 g/mol. The summed E-state index contributed by atoms with van der Waals surface area (Å²) in [6.07, 6.45) is 0.823. The van der Waals surface area contributed by atoms with E-state index in [9.17, 15) is 8.78 Å². The van der Waals surface area contributed by atoms with Crippen LogP contribution in [0.3, 0.4) is 0 Å². The fourth-order valence-electron chi connectivity index (χ4n) is 1.26. The van der Waals surface area contributed by atoms with Gasteiger partial charge in [-0.15, -0.1) is 0 Å². The van der Waals surface area contributed by atoms with E-state index in [1.165, 1.54) is 0 Å². The summed E-state index contributed by atoms with van der Waals surface area (Å²) < 4.78 is 26.8. The molecule has 0 heterocycles. The van der Waals surface area contributed by atoms with Crippen molar-refractivity contribution in [2.24, 2.45) is 17.8 Å². The molecule has 0 aromatic carbocycles. The van der Waals surface area contributed by atoms with Crippen LogP contribution in [0.2, 0.25) is 0 Å². The van der Waals surface area contributed by atoms with E-state index in [2.05, 4.69) is 0 Å². The average molecular weight is 178 g/mol. The minimum atomic E-state index is -2.52. The summed E-state index contributed by atoms with van der Waals surface area (Å²) in [5.74, 6) is -3.48. The van der Waals surface area contributed by atoms with Crippen molar-refractivity contribution in [2.75, 3.05) is 0 Å². The topological polar surface area (TPSA) is 0 Å². The first-order valence-corrected chi connectivity index (χ1v) is 4.71. The van der Waals surface area contributed by atoms with Gasteiger partial charge in [-0.3, -0.25) is 0 Å². The van der Waals surface area contributed by atoms with Gasteiger partial charge in [0.2, 0.25) is 0 Å². The van der Waals surface area contributed by atoms with Crippen LogP contribution >= 0.6 is 0 Å². The Labute approximate surface area is 74.4 Å². The van der Waals surface area contributed by atoms with Crippen LogP contribution in [-0.2, 0) is 0 Å². The molecule has 2 heteroatoms. The third-order valence-electron chi connectivity index (χ3n) is 2.87. The molecule has 0 nitrogen and oxygen atoms in total. The Morgan fingerprint density at radius 1 is 1.08 bits per heavy atom. The van der Waals surface area contributed by atoms with Gasteiger partial charge in [0.15, 0.2) is 0 Å². The molecule has 0 spiro atoms. The largest absolute Gasteiger partial charge is 0.253 e. The number of hydrogen-bond donors (Lipinski definition) is 0. The first kappa shape index (κ1) is 11.9. The van der Waals surface area contributed by atoms with E-state index >= 15 is 0 Å². The van der Waals surface area contributed by atoms with Gasteiger partial charge in [-0.25, -0.2) is 8.78 Å². The van der Waals surface area contributed by atoms with Gasteiger partial charge < -0.3 is 0 Å². The highest BCUT2D eigenvalue weighted by Crippen LogP contribution is 2.37. The Balaban J connectivity index is 4.34. The van der Waals surface area contributed by atoms with Gasteiger partial charge in [0.1, 0.15) is 0 Å². The lowest BCUT2D eigenvalue weighted by atomic mass is 9.83. The van der Waals surface area contributed by atoms with Gasteiger partial charge >= 0.3 is 0 Å². The molecule has 0 radical (unpaired) electrons. The van der Waals surface area contributed by atoms with Gasteiger partial charge in [-0.2, -0.15) is 0 Å². The molecule has 0 aliphatic heterocycles. The van der Waals surface area contributed by atoms with E-state index in [0.29, 0.717) is 0 Å². The highest BCUT2D eigenvalue weighted by atomic mass is 19.3. The Hall–Kier alpha value is -0.140. The molecular formula is C10H20F2. The maximum atomic E-state index is 13.4. The molecule has 0 N–H and O–H groups in total. The van der Waals surface area contributed by atoms with Crippen molar-refractivity contribution in [1.29, 1.82) is 0 Å². The molecule has 0 aliphatic carbocycles. The van der Waals surface area contributed by atoms with E-state index < -0.39 is 17.8 Å². The number of halogens is 2. The van der Waals surface area contributed by atoms with Crippen LogP contribution in [0.25, 0.3) is 0 Å². The summed E-state index contributed by atoms with van der Waals surface area (Å²) in [5.41, 5.74) is 0. The standard InChI is InChI=1S/C10H20F2/c1-6-8(4)9(5)10(11,12)7(2)3/h7-9H,6H2,1-5H3/t8-,9?/m0/s1. The van der Waals surface area contributed by atoms with Crippen LogP contribution in [0.5, 0.6) is 0 Å². The van der Waals surface area contributed by atoms with Gasteiger partial charge in [-0.1, -0.05) is 41.0 Å². The minimum Gasteiger partial charge on any atom is -0.206 e. The second-order valence-electron chi connectivity index (χ2n) is 4.00. The van der Waals surface area contributed by atoms with E-state index in [1.807, 2.05) is 13.8 Å². The Morgan fingerprint density at radius 3 is 1.75 bits per heavy atom. The molecule has 0 aromatic heterocycles. The van der Waals surface area contributed by atoms with Crippen molar-refractivity contribution in [1.82, 2.24) is 0 Å². The highest BCUT2D eigenvalue weighted by Gasteiger charge is 2.41. The predicted molar refractivity (Wildman–Crippen MR) is 48.4 cm³/mol. The molecule has 0 saturated heterocycles. The summed E-state index contributed by atoms with van der Waals surface area (Å²) in [6.45, 7) is 8.66. The van der Waals surface area contributed by atoms with Crippen molar-refractivity contribution < 1.29 is 8.78 Å². The molecule has 1 unspecified atom stereocenters. The lowest BCUT2D eigenvalue weighted by Gasteiger charge is -2.31. The third-order valence-corrected chi connectivity index (χ3v) is 2.87. The normalized spacial score (nSPS) is 18.0. The molecule has 2 atom stereocenters. The lowest BCUT2D eigenvalue weighted by molar-refractivity contribution is -0.108. The maximum Gasteiger partial charge on any atom is 0.253 e. The zero-order valence-electron chi connectivity index (χ0n) is 8.70. The van der Waals surface area contributed by atoms with E-state index in [4.69, 9.17) is 0 Å². The van der Waals surface area contributed by atoms with Gasteiger partial charge in [0.05, 0.1) is 0 Å². The molecule has 0 amide bonds. The Bertz CT molecular complexity index is 130. The predicted octanol–water partition coefficient (Wildman–Crippen LogP) is 3.96. The van der Waals surface area contributed by atoms with E-state index in [-0.39, 0.29) is 5.92 Å². The highest BCUT2D eigenvalue weighted by molar-refractivity contribution is 4.79. The smallest absolute Gasteiger partial charge is 0.206 e. The average Bonchev–Trinajstić information content (AvgIpc) is 2.01. The fourth-order valence-corrected chi connectivity index (χ4v) is 1.26. The monoisotopic (exact) mass is 178 g/mol. The molecule has 0 saturated carbocycles. The molecule has 0 bridgehead atoms. The summed E-state index contributed by atoms with van der Waals surface area (Å²) >= 11 is 0. The summed E-state index contributed by atoms with van der Waals surface area (Å²) in [6, 6.07) is 0. The quantitative estimate of drug-likeness (QED) is 0.611. The summed E-state index contributed by atoms with van der Waals surface area (Å²) in [5, 5.41) is 0. The molecule has 0 aromatic rings. The van der Waals surface area contributed by atoms with Gasteiger partial charge in [0.25, 0.3) is 5.92 Å². The van der Waals surface area contributed by atoms with Crippen molar-refractivity contribution in [3.05, 3.63) is 0 Å². The van der Waals surface area contributed by atoms with Crippen LogP contribution in [-0.4, -0.2) is 5.92 Å². The third kappa shape index (κ3) is 2.43. The van der Waals surface area contributed by atoms with Crippen LogP contribution in [0.15, 0.2) is 0 Å². The maximum absolute atomic E-state index is 13.4. The molecule has 74 valence electrons. The van der Waals surface area contributed by atoms with Crippen molar-refractivity contribution in [3.8, 4) is 0 Å². The van der Waals surface area contributed by atoms with Gasteiger partial charge in [0, 0.05) is 11.8 Å². The molecule has 0 fully saturated rings. The SMILES string of the molecule is CC[C@H](C)C(C)C(F)(F)C(C)C. The second kappa shape index (κ2) is 4.20. The van der Waals surface area contributed by atoms with Crippen molar-refractivity contribution in [2.45, 2.75) is 47.0 Å². The summed E-state index contributed by atoms with van der Waals surface area (Å²) in [4.78, 5) is 0. The van der Waals surface area contributed by atoms with Crippen LogP contribution in [0.1, 0.15) is 41.0 Å². The minimum absolute atomic E-state index is 0.0994. The molecule has 12 heavy (non-hydrogen) atoms. The summed E-state index contributed by atoms with van der Waals surface area (Å²) in [7, 11) is 0. The van der Waals surface area contributed by atoms with Crippen molar-refractivity contribution >= 4 is 0 Å². The fraction of sp³-hybridized carbons (Fsp3) is 1.00. The first-order valence-electron chi connectivity index (χ1n) is 4.71. The zero-order chi connectivity index (χ0) is 9.94. The second-order valence-corrected chi connectivity index (χ2v) is 4.00. The number of alkyl halides is 2. The molecule has 0 aliphatic rings. The Kier molecular flexibility index (Phi) is 4.15. The first-order chi connectivity index (χ1) is 5.34. The van der Waals surface area contributed by atoms with E-state index in [1.54, 1.807) is 20.8 Å². The van der Waals surface area contributed by atoms with Crippen LogP contribution < -0.4 is 0 Å². The number of rotatable bonds is 4. The van der Waals surface area contributed by atoms with Gasteiger partial charge in [-0.05, 0) is 5.92 Å². The van der Waals surface area contributed by atoms with Crippen LogP contribution in [0, 0.1) is 17.8 Å². The van der Waals surface area contributed by atoms with E-state index in [0.717, 1.165) is 6.42 Å². The zero-order valence-corrected chi connectivity index (χ0v) is 8.70. The lowest BCUT2D eigenvalue weighted by Crippen LogP contribution is -2.35. The Morgan fingerprint density at radius 2 is 1.50 bits per heavy atom. The number of hydrogen-bond acceptors (Lipinski definition) is 0. The van der Waals surface area contributed by atoms with Crippen molar-refractivity contribution in [3.63, 3.8) is 0 Å².